The fraction of sp³-hybridized carbons (Fsp3) is 0.933. The number of nitrogens with zero attached hydrogens (tertiary/aromatic N) is 1. The zero-order valence-corrected chi connectivity index (χ0v) is 11.4. The van der Waals surface area contributed by atoms with Crippen molar-refractivity contribution >= 4 is 5.91 Å². The molecule has 1 heterocycles. The molecule has 0 bridgehead atoms. The Morgan fingerprint density at radius 3 is 2.28 bits per heavy atom. The van der Waals surface area contributed by atoms with Crippen LogP contribution in [0.25, 0.3) is 0 Å². The second-order valence-corrected chi connectivity index (χ2v) is 6.47. The van der Waals surface area contributed by atoms with E-state index in [1.165, 1.54) is 44.9 Å². The van der Waals surface area contributed by atoms with Gasteiger partial charge >= 0.3 is 0 Å². The minimum Gasteiger partial charge on any atom is -0.339 e. The number of carbonyl (C=O) groups is 1. The standard InChI is InChI=1S/C15H26N2O/c18-15(10-12-2-1-3-12)17(14-4-5-14)11-13-6-8-16-9-7-13/h12-14,16H,1-11H2. The summed E-state index contributed by atoms with van der Waals surface area (Å²) in [6, 6.07) is 0.604. The second kappa shape index (κ2) is 5.60. The molecule has 2 saturated carbocycles. The summed E-state index contributed by atoms with van der Waals surface area (Å²) in [6.45, 7) is 3.32. The number of hydrogen-bond donors (Lipinski definition) is 1. The molecule has 2 aliphatic carbocycles. The van der Waals surface area contributed by atoms with Crippen LogP contribution in [-0.4, -0.2) is 36.5 Å². The van der Waals surface area contributed by atoms with E-state index in [1.807, 2.05) is 0 Å². The molecule has 0 unspecified atom stereocenters. The first-order valence-corrected chi connectivity index (χ1v) is 7.83. The highest BCUT2D eigenvalue weighted by Crippen LogP contribution is 2.34. The average Bonchev–Trinajstić information content (AvgIpc) is 3.16. The molecule has 3 aliphatic rings. The third-order valence-corrected chi connectivity index (χ3v) is 4.91. The van der Waals surface area contributed by atoms with Gasteiger partial charge in [0, 0.05) is 19.0 Å². The Labute approximate surface area is 110 Å². The van der Waals surface area contributed by atoms with E-state index in [0.717, 1.165) is 32.0 Å². The smallest absolute Gasteiger partial charge is 0.223 e. The van der Waals surface area contributed by atoms with Crippen molar-refractivity contribution in [2.45, 2.75) is 57.4 Å². The fourth-order valence-electron chi connectivity index (χ4n) is 3.24. The van der Waals surface area contributed by atoms with E-state index in [1.54, 1.807) is 0 Å². The van der Waals surface area contributed by atoms with E-state index >= 15 is 0 Å². The first-order valence-electron chi connectivity index (χ1n) is 7.83. The zero-order chi connectivity index (χ0) is 12.4. The van der Waals surface area contributed by atoms with E-state index in [-0.39, 0.29) is 0 Å². The Hall–Kier alpha value is -0.570. The van der Waals surface area contributed by atoms with Crippen molar-refractivity contribution in [1.82, 2.24) is 10.2 Å². The monoisotopic (exact) mass is 250 g/mol. The van der Waals surface area contributed by atoms with Gasteiger partial charge in [0.05, 0.1) is 0 Å². The van der Waals surface area contributed by atoms with Crippen molar-refractivity contribution in [3.8, 4) is 0 Å². The van der Waals surface area contributed by atoms with E-state index in [0.29, 0.717) is 17.9 Å². The van der Waals surface area contributed by atoms with Crippen molar-refractivity contribution in [3.05, 3.63) is 0 Å². The van der Waals surface area contributed by atoms with Crippen LogP contribution in [0.3, 0.4) is 0 Å². The number of hydrogen-bond acceptors (Lipinski definition) is 2. The summed E-state index contributed by atoms with van der Waals surface area (Å²) in [6.07, 6.45) is 9.76. The molecule has 3 heteroatoms. The van der Waals surface area contributed by atoms with Gasteiger partial charge in [-0.3, -0.25) is 4.79 Å². The summed E-state index contributed by atoms with van der Waals surface area (Å²) in [5.41, 5.74) is 0. The minimum atomic E-state index is 0.459. The Kier molecular flexibility index (Phi) is 3.88. The third kappa shape index (κ3) is 3.05. The summed E-state index contributed by atoms with van der Waals surface area (Å²) in [5, 5.41) is 3.41. The molecule has 1 amide bonds. The molecule has 0 atom stereocenters. The van der Waals surface area contributed by atoms with Gasteiger partial charge in [0.15, 0.2) is 0 Å². The second-order valence-electron chi connectivity index (χ2n) is 6.47. The quantitative estimate of drug-likeness (QED) is 0.811. The largest absolute Gasteiger partial charge is 0.339 e. The molecular formula is C15H26N2O. The molecule has 3 fully saturated rings. The minimum absolute atomic E-state index is 0.459. The molecule has 1 saturated heterocycles. The number of rotatable bonds is 5. The van der Waals surface area contributed by atoms with E-state index in [2.05, 4.69) is 10.2 Å². The Morgan fingerprint density at radius 2 is 1.72 bits per heavy atom. The Balaban J connectivity index is 1.51. The fourth-order valence-corrected chi connectivity index (χ4v) is 3.24. The first kappa shape index (κ1) is 12.5. The lowest BCUT2D eigenvalue weighted by Gasteiger charge is -2.33. The summed E-state index contributed by atoms with van der Waals surface area (Å²) >= 11 is 0. The Bertz CT molecular complexity index is 291. The highest BCUT2D eigenvalue weighted by atomic mass is 16.2. The molecule has 0 aromatic carbocycles. The molecule has 0 spiro atoms. The van der Waals surface area contributed by atoms with Crippen LogP contribution in [-0.2, 0) is 4.79 Å². The first-order chi connectivity index (χ1) is 8.83. The lowest BCUT2D eigenvalue weighted by atomic mass is 9.82. The number of carbonyl (C=O) groups excluding carboxylic acids is 1. The van der Waals surface area contributed by atoms with Gasteiger partial charge < -0.3 is 10.2 Å². The normalized spacial score (nSPS) is 25.8. The van der Waals surface area contributed by atoms with Crippen LogP contribution in [0.5, 0.6) is 0 Å². The molecule has 1 N–H and O–H groups in total. The Morgan fingerprint density at radius 1 is 1.00 bits per heavy atom. The van der Waals surface area contributed by atoms with E-state index in [9.17, 15) is 4.79 Å². The van der Waals surface area contributed by atoms with Gasteiger partial charge in [0.2, 0.25) is 5.91 Å². The van der Waals surface area contributed by atoms with Gasteiger partial charge in [0.25, 0.3) is 0 Å². The maximum Gasteiger partial charge on any atom is 0.223 e. The van der Waals surface area contributed by atoms with Crippen LogP contribution in [0.15, 0.2) is 0 Å². The molecule has 1 aliphatic heterocycles. The van der Waals surface area contributed by atoms with Crippen LogP contribution in [0.4, 0.5) is 0 Å². The lowest BCUT2D eigenvalue weighted by Crippen LogP contribution is -2.41. The van der Waals surface area contributed by atoms with E-state index < -0.39 is 0 Å². The summed E-state index contributed by atoms with van der Waals surface area (Å²) < 4.78 is 0. The molecule has 102 valence electrons. The molecule has 3 nitrogen and oxygen atoms in total. The topological polar surface area (TPSA) is 32.3 Å². The molecule has 3 rings (SSSR count). The van der Waals surface area contributed by atoms with Crippen molar-refractivity contribution in [2.24, 2.45) is 11.8 Å². The highest BCUT2D eigenvalue weighted by Gasteiger charge is 2.35. The molecule has 0 aromatic heterocycles. The highest BCUT2D eigenvalue weighted by molar-refractivity contribution is 5.77. The van der Waals surface area contributed by atoms with Crippen LogP contribution in [0, 0.1) is 11.8 Å². The number of piperidine rings is 1. The lowest BCUT2D eigenvalue weighted by molar-refractivity contribution is -0.134. The van der Waals surface area contributed by atoms with Crippen LogP contribution >= 0.6 is 0 Å². The van der Waals surface area contributed by atoms with Crippen LogP contribution in [0.2, 0.25) is 0 Å². The maximum absolute atomic E-state index is 12.4. The summed E-state index contributed by atoms with van der Waals surface area (Å²) in [5.74, 6) is 1.92. The van der Waals surface area contributed by atoms with Gasteiger partial charge in [-0.15, -0.1) is 0 Å². The average molecular weight is 250 g/mol. The predicted molar refractivity (Wildman–Crippen MR) is 72.3 cm³/mol. The van der Waals surface area contributed by atoms with Crippen molar-refractivity contribution in [2.75, 3.05) is 19.6 Å². The molecule has 0 aromatic rings. The van der Waals surface area contributed by atoms with Crippen molar-refractivity contribution in [1.29, 1.82) is 0 Å². The summed E-state index contributed by atoms with van der Waals surface area (Å²) in [4.78, 5) is 14.7. The third-order valence-electron chi connectivity index (χ3n) is 4.91. The van der Waals surface area contributed by atoms with Crippen molar-refractivity contribution in [3.63, 3.8) is 0 Å². The van der Waals surface area contributed by atoms with Gasteiger partial charge in [-0.25, -0.2) is 0 Å². The molecule has 18 heavy (non-hydrogen) atoms. The van der Waals surface area contributed by atoms with Gasteiger partial charge in [-0.1, -0.05) is 6.42 Å². The van der Waals surface area contributed by atoms with Crippen LogP contribution < -0.4 is 5.32 Å². The summed E-state index contributed by atoms with van der Waals surface area (Å²) in [7, 11) is 0. The van der Waals surface area contributed by atoms with Gasteiger partial charge in [-0.2, -0.15) is 0 Å². The van der Waals surface area contributed by atoms with Crippen LogP contribution in [0.1, 0.15) is 51.4 Å². The molecule has 0 radical (unpaired) electrons. The maximum atomic E-state index is 12.4. The van der Waals surface area contributed by atoms with Crippen molar-refractivity contribution < 1.29 is 4.79 Å². The zero-order valence-electron chi connectivity index (χ0n) is 11.4. The number of amides is 1. The van der Waals surface area contributed by atoms with E-state index in [4.69, 9.17) is 0 Å². The SMILES string of the molecule is O=C(CC1CCC1)N(CC1CCNCC1)C1CC1. The predicted octanol–water partition coefficient (Wildman–Crippen LogP) is 2.17. The van der Waals surface area contributed by atoms with Gasteiger partial charge in [-0.05, 0) is 63.5 Å². The van der Waals surface area contributed by atoms with Gasteiger partial charge in [0.1, 0.15) is 0 Å². The number of nitrogens with one attached hydrogen (secondary N) is 1. The molecular weight excluding hydrogens is 224 g/mol.